The van der Waals surface area contributed by atoms with Crippen LogP contribution in [-0.4, -0.2) is 29.9 Å². The van der Waals surface area contributed by atoms with Crippen molar-refractivity contribution >= 4 is 11.7 Å². The van der Waals surface area contributed by atoms with Gasteiger partial charge in [0.25, 0.3) is 0 Å². The normalized spacial score (nSPS) is 21.0. The van der Waals surface area contributed by atoms with E-state index in [-0.39, 0.29) is 12.1 Å². The maximum Gasteiger partial charge on any atom is 0.319 e. The second kappa shape index (κ2) is 7.88. The summed E-state index contributed by atoms with van der Waals surface area (Å²) in [6, 6.07) is 6.89. The Hall–Kier alpha value is -1.75. The molecule has 1 saturated carbocycles. The fourth-order valence-corrected chi connectivity index (χ4v) is 2.41. The molecular formula is C16H24N2O3. The van der Waals surface area contributed by atoms with Crippen LogP contribution < -0.4 is 15.4 Å². The van der Waals surface area contributed by atoms with E-state index >= 15 is 0 Å². The Labute approximate surface area is 125 Å². The summed E-state index contributed by atoms with van der Waals surface area (Å²) in [4.78, 5) is 11.8. The van der Waals surface area contributed by atoms with Gasteiger partial charge in [-0.2, -0.15) is 0 Å². The maximum atomic E-state index is 11.8. The molecule has 1 fully saturated rings. The average molecular weight is 292 g/mol. The third kappa shape index (κ3) is 4.93. The molecule has 1 aliphatic carbocycles. The molecule has 0 radical (unpaired) electrons. The van der Waals surface area contributed by atoms with Gasteiger partial charge in [-0.25, -0.2) is 4.79 Å². The van der Waals surface area contributed by atoms with Gasteiger partial charge in [0.15, 0.2) is 0 Å². The van der Waals surface area contributed by atoms with E-state index < -0.39 is 6.10 Å². The Bertz CT molecular complexity index is 447. The number of rotatable bonds is 6. The SMILES string of the molecule is CCCCOc1ccc(NC(=O)NC2CCCC2O)cc1. The highest BCUT2D eigenvalue weighted by Gasteiger charge is 2.26. The van der Waals surface area contributed by atoms with Crippen LogP contribution in [0.1, 0.15) is 39.0 Å². The maximum absolute atomic E-state index is 11.8. The first-order valence-corrected chi connectivity index (χ1v) is 7.67. The van der Waals surface area contributed by atoms with Crippen LogP contribution in [0.15, 0.2) is 24.3 Å². The molecule has 1 aliphatic rings. The lowest BCUT2D eigenvalue weighted by Crippen LogP contribution is -2.42. The summed E-state index contributed by atoms with van der Waals surface area (Å²) >= 11 is 0. The number of amides is 2. The Balaban J connectivity index is 1.78. The van der Waals surface area contributed by atoms with Crippen LogP contribution in [0.2, 0.25) is 0 Å². The Morgan fingerprint density at radius 1 is 1.33 bits per heavy atom. The minimum atomic E-state index is -0.426. The van der Waals surface area contributed by atoms with E-state index in [0.717, 1.165) is 37.9 Å². The summed E-state index contributed by atoms with van der Waals surface area (Å²) in [5.74, 6) is 0.806. The predicted molar refractivity (Wildman–Crippen MR) is 82.6 cm³/mol. The third-order valence-corrected chi connectivity index (χ3v) is 3.67. The van der Waals surface area contributed by atoms with Gasteiger partial charge in [0, 0.05) is 5.69 Å². The van der Waals surface area contributed by atoms with Gasteiger partial charge in [-0.1, -0.05) is 13.3 Å². The molecule has 0 spiro atoms. The van der Waals surface area contributed by atoms with Crippen LogP contribution in [0, 0.1) is 0 Å². The molecule has 0 bridgehead atoms. The van der Waals surface area contributed by atoms with Crippen molar-refractivity contribution in [2.75, 3.05) is 11.9 Å². The Kier molecular flexibility index (Phi) is 5.87. The lowest BCUT2D eigenvalue weighted by molar-refractivity contribution is 0.151. The molecule has 21 heavy (non-hydrogen) atoms. The number of ether oxygens (including phenoxy) is 1. The third-order valence-electron chi connectivity index (χ3n) is 3.67. The standard InChI is InChI=1S/C16H24N2O3/c1-2-3-11-21-13-9-7-12(8-10-13)17-16(20)18-14-5-4-6-15(14)19/h7-10,14-15,19H,2-6,11H2,1H3,(H2,17,18,20). The van der Waals surface area contributed by atoms with E-state index in [2.05, 4.69) is 17.6 Å². The molecule has 2 unspecified atom stereocenters. The van der Waals surface area contributed by atoms with Crippen molar-refractivity contribution in [1.29, 1.82) is 0 Å². The van der Waals surface area contributed by atoms with Crippen LogP contribution >= 0.6 is 0 Å². The molecular weight excluding hydrogens is 268 g/mol. The zero-order chi connectivity index (χ0) is 15.1. The topological polar surface area (TPSA) is 70.6 Å². The predicted octanol–water partition coefficient (Wildman–Crippen LogP) is 2.90. The van der Waals surface area contributed by atoms with Gasteiger partial charge >= 0.3 is 6.03 Å². The first-order chi connectivity index (χ1) is 10.2. The fraction of sp³-hybridized carbons (Fsp3) is 0.562. The van der Waals surface area contributed by atoms with Crippen LogP contribution in [0.3, 0.4) is 0 Å². The zero-order valence-electron chi connectivity index (χ0n) is 12.5. The molecule has 2 amide bonds. The van der Waals surface area contributed by atoms with Gasteiger partial charge < -0.3 is 20.5 Å². The van der Waals surface area contributed by atoms with Crippen molar-refractivity contribution in [3.05, 3.63) is 24.3 Å². The number of benzene rings is 1. The molecule has 0 saturated heterocycles. The zero-order valence-corrected chi connectivity index (χ0v) is 12.5. The number of unbranched alkanes of at least 4 members (excludes halogenated alkanes) is 1. The van der Waals surface area contributed by atoms with Crippen LogP contribution in [0.4, 0.5) is 10.5 Å². The number of nitrogens with one attached hydrogen (secondary N) is 2. The van der Waals surface area contributed by atoms with Gasteiger partial charge in [-0.05, 0) is 49.9 Å². The minimum absolute atomic E-state index is 0.137. The monoisotopic (exact) mass is 292 g/mol. The van der Waals surface area contributed by atoms with Crippen molar-refractivity contribution in [3.63, 3.8) is 0 Å². The lowest BCUT2D eigenvalue weighted by Gasteiger charge is -2.17. The molecule has 116 valence electrons. The van der Waals surface area contributed by atoms with Gasteiger partial charge in [-0.3, -0.25) is 0 Å². The number of carbonyl (C=O) groups excluding carboxylic acids is 1. The van der Waals surface area contributed by atoms with Crippen molar-refractivity contribution in [2.45, 2.75) is 51.2 Å². The average Bonchev–Trinajstić information content (AvgIpc) is 2.86. The molecule has 1 aromatic carbocycles. The number of hydrogen-bond acceptors (Lipinski definition) is 3. The van der Waals surface area contributed by atoms with Crippen LogP contribution in [0.5, 0.6) is 5.75 Å². The highest BCUT2D eigenvalue weighted by molar-refractivity contribution is 5.89. The molecule has 2 atom stereocenters. The van der Waals surface area contributed by atoms with Crippen molar-refractivity contribution in [2.24, 2.45) is 0 Å². The van der Waals surface area contributed by atoms with Crippen molar-refractivity contribution in [1.82, 2.24) is 5.32 Å². The molecule has 3 N–H and O–H groups in total. The van der Waals surface area contributed by atoms with Crippen molar-refractivity contribution < 1.29 is 14.6 Å². The number of hydrogen-bond donors (Lipinski definition) is 3. The molecule has 1 aromatic rings. The van der Waals surface area contributed by atoms with Crippen molar-refractivity contribution in [3.8, 4) is 5.75 Å². The first kappa shape index (κ1) is 15.6. The number of carbonyl (C=O) groups is 1. The first-order valence-electron chi connectivity index (χ1n) is 7.67. The van der Waals surface area contributed by atoms with E-state index in [1.807, 2.05) is 24.3 Å². The Morgan fingerprint density at radius 2 is 2.10 bits per heavy atom. The van der Waals surface area contributed by atoms with E-state index in [9.17, 15) is 9.90 Å². The van der Waals surface area contributed by atoms with Gasteiger partial charge in [0.05, 0.1) is 18.8 Å². The Morgan fingerprint density at radius 3 is 2.71 bits per heavy atom. The smallest absolute Gasteiger partial charge is 0.319 e. The second-order valence-electron chi connectivity index (χ2n) is 5.43. The summed E-state index contributed by atoms with van der Waals surface area (Å²) in [7, 11) is 0. The van der Waals surface area contributed by atoms with Crippen LogP contribution in [-0.2, 0) is 0 Å². The fourth-order valence-electron chi connectivity index (χ4n) is 2.41. The second-order valence-corrected chi connectivity index (χ2v) is 5.43. The molecule has 2 rings (SSSR count). The summed E-state index contributed by atoms with van der Waals surface area (Å²) in [6.45, 7) is 2.83. The summed E-state index contributed by atoms with van der Waals surface area (Å²) in [5, 5.41) is 15.3. The molecule has 5 heteroatoms. The van der Waals surface area contributed by atoms with Gasteiger partial charge in [-0.15, -0.1) is 0 Å². The number of urea groups is 1. The summed E-state index contributed by atoms with van der Waals surface area (Å²) < 4.78 is 5.57. The molecule has 5 nitrogen and oxygen atoms in total. The largest absolute Gasteiger partial charge is 0.494 e. The molecule has 0 aliphatic heterocycles. The highest BCUT2D eigenvalue weighted by Crippen LogP contribution is 2.19. The van der Waals surface area contributed by atoms with E-state index in [4.69, 9.17) is 4.74 Å². The molecule has 0 heterocycles. The summed E-state index contributed by atoms with van der Waals surface area (Å²) in [6.07, 6.45) is 4.26. The highest BCUT2D eigenvalue weighted by atomic mass is 16.5. The lowest BCUT2D eigenvalue weighted by atomic mass is 10.2. The molecule has 0 aromatic heterocycles. The van der Waals surface area contributed by atoms with Crippen LogP contribution in [0.25, 0.3) is 0 Å². The van der Waals surface area contributed by atoms with Gasteiger partial charge in [0.1, 0.15) is 5.75 Å². The van der Waals surface area contributed by atoms with E-state index in [0.29, 0.717) is 12.3 Å². The quantitative estimate of drug-likeness (QED) is 0.706. The number of aliphatic hydroxyl groups is 1. The summed E-state index contributed by atoms with van der Waals surface area (Å²) in [5.41, 5.74) is 0.711. The van der Waals surface area contributed by atoms with E-state index in [1.165, 1.54) is 0 Å². The number of aliphatic hydroxyl groups excluding tert-OH is 1. The van der Waals surface area contributed by atoms with Gasteiger partial charge in [0.2, 0.25) is 0 Å². The number of anilines is 1. The van der Waals surface area contributed by atoms with E-state index in [1.54, 1.807) is 0 Å². The minimum Gasteiger partial charge on any atom is -0.494 e.